The monoisotopic (exact) mass is 1020 g/mol. The summed E-state index contributed by atoms with van der Waals surface area (Å²) in [6, 6.07) is 2.66. The van der Waals surface area contributed by atoms with E-state index < -0.39 is 198 Å². The third-order valence-corrected chi connectivity index (χ3v) is 12.4. The molecule has 0 bridgehead atoms. The number of methoxy groups -OCH3 is 1. The highest BCUT2D eigenvalue weighted by Crippen LogP contribution is 2.36. The van der Waals surface area contributed by atoms with Crippen LogP contribution in [0.25, 0.3) is 0 Å². The number of ether oxygens (including phenoxy) is 11. The number of carbonyl (C=O) groups is 2. The van der Waals surface area contributed by atoms with E-state index in [1.807, 2.05) is 0 Å². The van der Waals surface area contributed by atoms with E-state index in [0.717, 1.165) is 13.8 Å². The predicted octanol–water partition coefficient (Wildman–Crippen LogP) is -9.54. The molecule has 5 saturated heterocycles. The largest absolute Gasteiger partial charge is 0.497 e. The Bertz CT molecular complexity index is 1810. The minimum Gasteiger partial charge on any atom is -0.497 e. The van der Waals surface area contributed by atoms with Crippen LogP contribution in [0.2, 0.25) is 0 Å². The fourth-order valence-electron chi connectivity index (χ4n) is 8.59. The summed E-state index contributed by atoms with van der Waals surface area (Å²) in [5.74, 6) is -0.961. The van der Waals surface area contributed by atoms with Crippen LogP contribution in [0.5, 0.6) is 11.5 Å². The van der Waals surface area contributed by atoms with Crippen molar-refractivity contribution in [2.75, 3.05) is 40.1 Å². The Morgan fingerprint density at radius 1 is 0.457 bits per heavy atom. The van der Waals surface area contributed by atoms with Crippen LogP contribution in [0.15, 0.2) is 24.3 Å². The number of aliphatic hydroxyl groups excluding tert-OH is 14. The molecule has 0 aromatic heterocycles. The lowest BCUT2D eigenvalue weighted by molar-refractivity contribution is -0.370. The Kier molecular flexibility index (Phi) is 19.8. The zero-order valence-corrected chi connectivity index (χ0v) is 37.8. The van der Waals surface area contributed by atoms with Gasteiger partial charge in [-0.1, -0.05) is 0 Å². The number of aliphatic hydroxyl groups is 14. The van der Waals surface area contributed by atoms with Gasteiger partial charge in [0, 0.05) is 13.8 Å². The van der Waals surface area contributed by atoms with E-state index in [-0.39, 0.29) is 5.75 Å². The molecule has 25 atom stereocenters. The maximum absolute atomic E-state index is 12.8. The van der Waals surface area contributed by atoms with Crippen LogP contribution in [0.4, 0.5) is 0 Å². The molecule has 0 spiro atoms. The molecule has 0 aliphatic carbocycles. The smallest absolute Gasteiger partial charge is 0.229 e. The van der Waals surface area contributed by atoms with Gasteiger partial charge in [-0.3, -0.25) is 9.59 Å². The number of hydrogen-bond acceptors (Lipinski definition) is 27. The first-order valence-electron chi connectivity index (χ1n) is 22.2. The van der Waals surface area contributed by atoms with Gasteiger partial charge in [0.25, 0.3) is 0 Å². The van der Waals surface area contributed by atoms with E-state index >= 15 is 0 Å². The maximum atomic E-state index is 12.8. The lowest BCUT2D eigenvalue weighted by Crippen LogP contribution is -2.71. The molecule has 1 aromatic rings. The number of carbonyl (C=O) groups excluding carboxylic acids is 2. The van der Waals surface area contributed by atoms with Crippen LogP contribution in [-0.4, -0.2) is 277 Å². The highest BCUT2D eigenvalue weighted by Gasteiger charge is 2.57. The molecule has 0 saturated carbocycles. The first-order chi connectivity index (χ1) is 33.3. The van der Waals surface area contributed by atoms with Gasteiger partial charge in [-0.05, 0) is 24.3 Å². The van der Waals surface area contributed by atoms with Crippen LogP contribution in [0.3, 0.4) is 0 Å². The summed E-state index contributed by atoms with van der Waals surface area (Å²) >= 11 is 0. The summed E-state index contributed by atoms with van der Waals surface area (Å²) in [6.07, 6.45) is -41.5. The van der Waals surface area contributed by atoms with E-state index in [1.54, 1.807) is 12.1 Å². The Morgan fingerprint density at radius 2 is 0.829 bits per heavy atom. The Morgan fingerprint density at radius 3 is 1.30 bits per heavy atom. The maximum Gasteiger partial charge on any atom is 0.229 e. The van der Waals surface area contributed by atoms with Crippen molar-refractivity contribution in [2.45, 2.75) is 167 Å². The first kappa shape index (κ1) is 56.1. The molecular weight excluding hydrogens is 952 g/mol. The molecule has 29 nitrogen and oxygen atoms in total. The molecule has 0 radical (unpaired) electrons. The van der Waals surface area contributed by atoms with Crippen molar-refractivity contribution in [2.24, 2.45) is 0 Å². The van der Waals surface area contributed by atoms with Crippen molar-refractivity contribution in [3.05, 3.63) is 24.3 Å². The second-order valence-electron chi connectivity index (χ2n) is 17.2. The summed E-state index contributed by atoms with van der Waals surface area (Å²) in [5.41, 5.74) is 0. The number of nitrogens with one attached hydrogen (secondary N) is 2. The average Bonchev–Trinajstić information content (AvgIpc) is 3.33. The van der Waals surface area contributed by atoms with Crippen molar-refractivity contribution in [3.8, 4) is 11.5 Å². The molecule has 5 heterocycles. The summed E-state index contributed by atoms with van der Waals surface area (Å²) in [6.45, 7) is -2.34. The standard InChI is InChI=1S/C41H64N2O27/c1-13(48)42-22-34(68-37-23(43-14(2)49)35(27(53)19(10-46)63-37)69-41-32(58)29(55)24(50)17(8-44)66-41)26(52)18(9-45)64-38(22)70-36-28(54)20(11-47)65-39(33(36)59)61-12-21-25(51)30(56)31(57)40(67-21)62-16-6-4-15(60-3)5-7-16/h4-7,17-41,44-47,50-59H,8-12H2,1-3H3,(H,42,48)(H,43,49)/t17-,18-,19-,20-,21-,22-,23-,24-,25+,26+,27+,28+,29+,30+,31-,32-,33-,34-,35-,36+,37-,38+,39+,40+,41+/m1/s1. The van der Waals surface area contributed by atoms with E-state index in [1.165, 1.54) is 19.2 Å². The fraction of sp³-hybridized carbons (Fsp3) is 0.805. The van der Waals surface area contributed by atoms with Gasteiger partial charge in [0.05, 0.1) is 40.1 Å². The normalized spacial score (nSPS) is 44.6. The van der Waals surface area contributed by atoms with E-state index in [0.29, 0.717) is 5.75 Å². The van der Waals surface area contributed by atoms with Gasteiger partial charge in [0.2, 0.25) is 18.1 Å². The van der Waals surface area contributed by atoms with Crippen molar-refractivity contribution in [3.63, 3.8) is 0 Å². The molecule has 5 aliphatic rings. The second-order valence-corrected chi connectivity index (χ2v) is 17.2. The van der Waals surface area contributed by atoms with Gasteiger partial charge >= 0.3 is 0 Å². The Labute approximate surface area is 398 Å². The van der Waals surface area contributed by atoms with Crippen LogP contribution >= 0.6 is 0 Å². The number of benzene rings is 1. The van der Waals surface area contributed by atoms with Gasteiger partial charge in [-0.25, -0.2) is 0 Å². The summed E-state index contributed by atoms with van der Waals surface area (Å²) in [4.78, 5) is 25.5. The molecular formula is C41H64N2O27. The van der Waals surface area contributed by atoms with Crippen LogP contribution < -0.4 is 20.1 Å². The molecule has 6 rings (SSSR count). The van der Waals surface area contributed by atoms with Crippen molar-refractivity contribution in [1.29, 1.82) is 0 Å². The minimum atomic E-state index is -2.04. The van der Waals surface area contributed by atoms with Crippen molar-refractivity contribution < 1.29 is 133 Å². The van der Waals surface area contributed by atoms with Gasteiger partial charge in [0.1, 0.15) is 133 Å². The molecule has 5 aliphatic heterocycles. The molecule has 0 unspecified atom stereocenters. The van der Waals surface area contributed by atoms with Crippen molar-refractivity contribution >= 4 is 11.8 Å². The van der Waals surface area contributed by atoms with Gasteiger partial charge in [0.15, 0.2) is 25.2 Å². The van der Waals surface area contributed by atoms with Gasteiger partial charge in [-0.2, -0.15) is 0 Å². The number of rotatable bonds is 18. The predicted molar refractivity (Wildman–Crippen MR) is 221 cm³/mol. The SMILES string of the molecule is COc1ccc(O[C@H]2O[C@H](CO[C@H]3O[C@H](CO)[C@H](O)[C@H](O[C@@H]4O[C@H](CO)[C@H](O)[C@H](O[C@H]5O[C@H](CO)[C@H](O)[C@H](O[C@@H]6O[C@H](CO)[C@@H](O)[C@H](O)[C@H]6O)[C@H]5NC(C)=O)[C@H]4NC(C)=O)[C@H]3O)[C@H](O)[C@H](O)[C@H]2O)cc1. The summed E-state index contributed by atoms with van der Waals surface area (Å²) in [7, 11) is 1.45. The molecule has 5 fully saturated rings. The number of hydrogen-bond donors (Lipinski definition) is 16. The van der Waals surface area contributed by atoms with Crippen LogP contribution in [-0.2, 0) is 52.2 Å². The molecule has 29 heteroatoms. The van der Waals surface area contributed by atoms with E-state index in [2.05, 4.69) is 10.6 Å². The first-order valence-corrected chi connectivity index (χ1v) is 22.2. The van der Waals surface area contributed by atoms with Crippen LogP contribution in [0.1, 0.15) is 13.8 Å². The molecule has 1 aromatic carbocycles. The quantitative estimate of drug-likeness (QED) is 0.0649. The number of amides is 2. The molecule has 16 N–H and O–H groups in total. The lowest BCUT2D eigenvalue weighted by atomic mass is 9.93. The van der Waals surface area contributed by atoms with E-state index in [9.17, 15) is 81.1 Å². The molecule has 400 valence electrons. The zero-order chi connectivity index (χ0) is 51.3. The third-order valence-electron chi connectivity index (χ3n) is 12.4. The summed E-state index contributed by atoms with van der Waals surface area (Å²) in [5, 5.41) is 155. The fourth-order valence-corrected chi connectivity index (χ4v) is 8.59. The zero-order valence-electron chi connectivity index (χ0n) is 37.8. The van der Waals surface area contributed by atoms with Crippen molar-refractivity contribution in [1.82, 2.24) is 10.6 Å². The molecule has 2 amide bonds. The Balaban J connectivity index is 1.23. The van der Waals surface area contributed by atoms with Gasteiger partial charge in [-0.15, -0.1) is 0 Å². The second kappa shape index (κ2) is 24.7. The van der Waals surface area contributed by atoms with Gasteiger partial charge < -0.3 is 134 Å². The molecule has 70 heavy (non-hydrogen) atoms. The van der Waals surface area contributed by atoms with Crippen LogP contribution in [0, 0.1) is 0 Å². The highest BCUT2D eigenvalue weighted by molar-refractivity contribution is 5.73. The minimum absolute atomic E-state index is 0.182. The summed E-state index contributed by atoms with van der Waals surface area (Å²) < 4.78 is 63.2. The lowest BCUT2D eigenvalue weighted by Gasteiger charge is -2.51. The van der Waals surface area contributed by atoms with E-state index in [4.69, 9.17) is 52.1 Å². The topological polar surface area (TPSA) is 443 Å². The Hall–Kier alpha value is -3.16. The third kappa shape index (κ3) is 12.4. The highest BCUT2D eigenvalue weighted by atomic mass is 16.8. The average molecular weight is 1020 g/mol.